The number of nitrogens with zero attached hydrogens (tertiary/aromatic N) is 4. The minimum absolute atomic E-state index is 0.0464. The lowest BCUT2D eigenvalue weighted by molar-refractivity contribution is -0.154. The maximum absolute atomic E-state index is 12.3. The summed E-state index contributed by atoms with van der Waals surface area (Å²) in [7, 11) is 0. The molecule has 0 spiro atoms. The van der Waals surface area contributed by atoms with Gasteiger partial charge in [-0.25, -0.2) is 4.98 Å². The second-order valence-corrected chi connectivity index (χ2v) is 7.41. The quantitative estimate of drug-likeness (QED) is 0.637. The van der Waals surface area contributed by atoms with Crippen molar-refractivity contribution in [2.75, 3.05) is 6.61 Å². The standard InChI is InChI=1S/C20H20F3N5O2/c1-12-6-13(8-25-19(12)30-11-20(21,22)23)9-28-10-15-16(27-28)4-5-24-17(15)7-18(29)26-14-2-3-14/h4-6,8,10,14H,2-3,7,9,11H2,1H3,(H,26,29). The van der Waals surface area contributed by atoms with Gasteiger partial charge in [0, 0.05) is 35.6 Å². The van der Waals surface area contributed by atoms with Crippen LogP contribution in [0.25, 0.3) is 10.9 Å². The summed E-state index contributed by atoms with van der Waals surface area (Å²) in [4.78, 5) is 20.4. The average molecular weight is 419 g/mol. The maximum atomic E-state index is 12.3. The molecule has 1 fully saturated rings. The molecule has 1 amide bonds. The van der Waals surface area contributed by atoms with Crippen molar-refractivity contribution in [2.24, 2.45) is 0 Å². The summed E-state index contributed by atoms with van der Waals surface area (Å²) >= 11 is 0. The molecule has 1 aliphatic rings. The van der Waals surface area contributed by atoms with Crippen LogP contribution in [0.1, 0.15) is 29.7 Å². The van der Waals surface area contributed by atoms with Crippen LogP contribution in [0.3, 0.4) is 0 Å². The Hall–Kier alpha value is -3.17. The van der Waals surface area contributed by atoms with Crippen molar-refractivity contribution in [3.8, 4) is 5.88 Å². The van der Waals surface area contributed by atoms with Gasteiger partial charge in [0.1, 0.15) is 0 Å². The fourth-order valence-electron chi connectivity index (χ4n) is 3.12. The molecule has 0 aromatic carbocycles. The van der Waals surface area contributed by atoms with E-state index < -0.39 is 12.8 Å². The first-order chi connectivity index (χ1) is 14.3. The third-order valence-electron chi connectivity index (χ3n) is 4.64. The van der Waals surface area contributed by atoms with Crippen molar-refractivity contribution in [3.63, 3.8) is 0 Å². The summed E-state index contributed by atoms with van der Waals surface area (Å²) in [6.07, 6.45) is 2.72. The molecule has 0 aliphatic heterocycles. The summed E-state index contributed by atoms with van der Waals surface area (Å²) in [6.45, 7) is 0.632. The fourth-order valence-corrected chi connectivity index (χ4v) is 3.12. The molecule has 0 saturated heterocycles. The molecule has 3 heterocycles. The van der Waals surface area contributed by atoms with Crippen LogP contribution < -0.4 is 10.1 Å². The van der Waals surface area contributed by atoms with E-state index >= 15 is 0 Å². The van der Waals surface area contributed by atoms with Gasteiger partial charge in [0.15, 0.2) is 6.61 Å². The Balaban J connectivity index is 1.48. The second kappa shape index (κ2) is 7.92. The number of ether oxygens (including phenoxy) is 1. The number of fused-ring (bicyclic) bond motifs is 1. The molecular weight excluding hydrogens is 399 g/mol. The van der Waals surface area contributed by atoms with Gasteiger partial charge < -0.3 is 10.1 Å². The van der Waals surface area contributed by atoms with Gasteiger partial charge in [0.05, 0.1) is 24.2 Å². The van der Waals surface area contributed by atoms with Gasteiger partial charge in [-0.3, -0.25) is 14.5 Å². The number of aryl methyl sites for hydroxylation is 1. The van der Waals surface area contributed by atoms with E-state index in [0.29, 0.717) is 29.4 Å². The van der Waals surface area contributed by atoms with E-state index in [4.69, 9.17) is 4.74 Å². The predicted octanol–water partition coefficient (Wildman–Crippen LogP) is 2.95. The minimum atomic E-state index is -4.41. The Labute approximate surface area is 170 Å². The van der Waals surface area contributed by atoms with E-state index in [9.17, 15) is 18.0 Å². The Kier molecular flexibility index (Phi) is 5.31. The van der Waals surface area contributed by atoms with Gasteiger partial charge in [-0.15, -0.1) is 0 Å². The van der Waals surface area contributed by atoms with Gasteiger partial charge in [-0.1, -0.05) is 0 Å². The highest BCUT2D eigenvalue weighted by molar-refractivity contribution is 5.86. The Morgan fingerprint density at radius 2 is 2.13 bits per heavy atom. The van der Waals surface area contributed by atoms with Crippen LogP contribution >= 0.6 is 0 Å². The van der Waals surface area contributed by atoms with Crippen LogP contribution in [-0.2, 0) is 17.8 Å². The normalized spacial score (nSPS) is 14.1. The number of aromatic nitrogens is 4. The number of pyridine rings is 2. The van der Waals surface area contributed by atoms with Crippen molar-refractivity contribution in [3.05, 3.63) is 47.5 Å². The Bertz CT molecular complexity index is 1080. The van der Waals surface area contributed by atoms with Gasteiger partial charge in [-0.2, -0.15) is 18.3 Å². The molecule has 0 atom stereocenters. The highest BCUT2D eigenvalue weighted by Crippen LogP contribution is 2.22. The molecule has 0 bridgehead atoms. The maximum Gasteiger partial charge on any atom is 0.422 e. The number of carbonyl (C=O) groups excluding carboxylic acids is 1. The number of nitrogens with one attached hydrogen (secondary N) is 1. The van der Waals surface area contributed by atoms with Crippen LogP contribution in [0.5, 0.6) is 5.88 Å². The van der Waals surface area contributed by atoms with Crippen molar-refractivity contribution in [2.45, 2.75) is 44.9 Å². The third-order valence-corrected chi connectivity index (χ3v) is 4.64. The molecule has 1 saturated carbocycles. The Morgan fingerprint density at radius 1 is 1.33 bits per heavy atom. The summed E-state index contributed by atoms with van der Waals surface area (Å²) in [5, 5.41) is 8.25. The van der Waals surface area contributed by atoms with E-state index in [1.165, 1.54) is 6.20 Å². The largest absolute Gasteiger partial charge is 0.468 e. The summed E-state index contributed by atoms with van der Waals surface area (Å²) < 4.78 is 43.4. The first kappa shape index (κ1) is 20.1. The fraction of sp³-hybridized carbons (Fsp3) is 0.400. The van der Waals surface area contributed by atoms with Crippen molar-refractivity contribution in [1.29, 1.82) is 0 Å². The molecule has 30 heavy (non-hydrogen) atoms. The van der Waals surface area contributed by atoms with Crippen LogP contribution in [0.4, 0.5) is 13.2 Å². The summed E-state index contributed by atoms with van der Waals surface area (Å²) in [6, 6.07) is 3.78. The molecule has 7 nitrogen and oxygen atoms in total. The van der Waals surface area contributed by atoms with Crippen LogP contribution in [0, 0.1) is 6.92 Å². The van der Waals surface area contributed by atoms with E-state index in [1.54, 1.807) is 29.9 Å². The lowest BCUT2D eigenvalue weighted by Crippen LogP contribution is -2.27. The number of alkyl halides is 3. The molecule has 0 radical (unpaired) electrons. The lowest BCUT2D eigenvalue weighted by Gasteiger charge is -2.11. The number of halogens is 3. The minimum Gasteiger partial charge on any atom is -0.468 e. The first-order valence-corrected chi connectivity index (χ1v) is 9.52. The number of carbonyl (C=O) groups is 1. The smallest absolute Gasteiger partial charge is 0.422 e. The molecule has 3 aromatic heterocycles. The van der Waals surface area contributed by atoms with E-state index in [1.807, 2.05) is 6.20 Å². The molecule has 1 N–H and O–H groups in total. The zero-order chi connectivity index (χ0) is 21.3. The predicted molar refractivity (Wildman–Crippen MR) is 102 cm³/mol. The van der Waals surface area contributed by atoms with Crippen molar-refractivity contribution < 1.29 is 22.7 Å². The van der Waals surface area contributed by atoms with Crippen LogP contribution in [0.15, 0.2) is 30.7 Å². The van der Waals surface area contributed by atoms with E-state index in [-0.39, 0.29) is 18.2 Å². The highest BCUT2D eigenvalue weighted by atomic mass is 19.4. The van der Waals surface area contributed by atoms with Gasteiger partial charge >= 0.3 is 6.18 Å². The molecular formula is C20H20F3N5O2. The number of rotatable bonds is 7. The molecule has 158 valence electrons. The zero-order valence-corrected chi connectivity index (χ0v) is 16.2. The number of amides is 1. The van der Waals surface area contributed by atoms with Gasteiger partial charge in [-0.05, 0) is 37.5 Å². The van der Waals surface area contributed by atoms with E-state index in [0.717, 1.165) is 23.8 Å². The molecule has 10 heteroatoms. The summed E-state index contributed by atoms with van der Waals surface area (Å²) in [5.41, 5.74) is 2.64. The molecule has 0 unspecified atom stereocenters. The second-order valence-electron chi connectivity index (χ2n) is 7.41. The molecule has 1 aliphatic carbocycles. The lowest BCUT2D eigenvalue weighted by atomic mass is 10.2. The Morgan fingerprint density at radius 3 is 2.83 bits per heavy atom. The SMILES string of the molecule is Cc1cc(Cn2cc3c(CC(=O)NC4CC4)nccc3n2)cnc1OCC(F)(F)F. The van der Waals surface area contributed by atoms with Gasteiger partial charge in [0.2, 0.25) is 11.8 Å². The van der Waals surface area contributed by atoms with Gasteiger partial charge in [0.25, 0.3) is 0 Å². The number of hydrogen-bond donors (Lipinski definition) is 1. The highest BCUT2D eigenvalue weighted by Gasteiger charge is 2.29. The van der Waals surface area contributed by atoms with Crippen molar-refractivity contribution >= 4 is 16.8 Å². The van der Waals surface area contributed by atoms with Crippen molar-refractivity contribution in [1.82, 2.24) is 25.1 Å². The summed E-state index contributed by atoms with van der Waals surface area (Å²) in [5.74, 6) is -0.102. The zero-order valence-electron chi connectivity index (χ0n) is 16.2. The molecule has 4 rings (SSSR count). The number of hydrogen-bond acceptors (Lipinski definition) is 5. The first-order valence-electron chi connectivity index (χ1n) is 9.52. The molecule has 3 aromatic rings. The topological polar surface area (TPSA) is 81.9 Å². The monoisotopic (exact) mass is 419 g/mol. The average Bonchev–Trinajstić information content (AvgIpc) is 3.36. The van der Waals surface area contributed by atoms with E-state index in [2.05, 4.69) is 20.4 Å². The van der Waals surface area contributed by atoms with Crippen LogP contribution in [0.2, 0.25) is 0 Å². The van der Waals surface area contributed by atoms with Crippen LogP contribution in [-0.4, -0.2) is 44.5 Å². The third kappa shape index (κ3) is 5.05.